The van der Waals surface area contributed by atoms with Crippen molar-refractivity contribution in [3.8, 4) is 0 Å². The summed E-state index contributed by atoms with van der Waals surface area (Å²) in [5, 5.41) is 67.1. The summed E-state index contributed by atoms with van der Waals surface area (Å²) in [4.78, 5) is 28.9. The molecule has 13 nitrogen and oxygen atoms in total. The second kappa shape index (κ2) is 18.4. The average Bonchev–Trinajstić information content (AvgIpc) is 2.94. The predicted molar refractivity (Wildman–Crippen MR) is 145 cm³/mol. The lowest BCUT2D eigenvalue weighted by molar-refractivity contribution is -0.158. The fraction of sp³-hybridized carbons (Fsp3) is 0.500. The van der Waals surface area contributed by atoms with E-state index in [-0.39, 0.29) is 12.0 Å². The molecule has 40 heavy (non-hydrogen) atoms. The van der Waals surface area contributed by atoms with Crippen LogP contribution in [0.15, 0.2) is 54.9 Å². The molecule has 2 rings (SSSR count). The Hall–Kier alpha value is -2.95. The maximum absolute atomic E-state index is 12.6. The molecule has 1 aromatic carbocycles. The average molecular weight is 565 g/mol. The van der Waals surface area contributed by atoms with Crippen molar-refractivity contribution in [3.63, 3.8) is 0 Å². The quantitative estimate of drug-likeness (QED) is 0.0875. The Kier molecular flexibility index (Phi) is 16.1. The summed E-state index contributed by atoms with van der Waals surface area (Å²) in [7, 11) is -1.37. The van der Waals surface area contributed by atoms with Gasteiger partial charge in [0, 0.05) is 24.8 Å². The van der Waals surface area contributed by atoms with E-state index in [0.29, 0.717) is 12.3 Å². The van der Waals surface area contributed by atoms with Crippen molar-refractivity contribution in [1.82, 2.24) is 10.3 Å². The highest BCUT2D eigenvalue weighted by atomic mass is 16.5. The highest BCUT2D eigenvalue weighted by Crippen LogP contribution is 2.09. The van der Waals surface area contributed by atoms with E-state index in [1.165, 1.54) is 18.5 Å². The van der Waals surface area contributed by atoms with Crippen LogP contribution in [0.4, 0.5) is 0 Å². The van der Waals surface area contributed by atoms with Gasteiger partial charge in [0.1, 0.15) is 37.1 Å². The number of esters is 1. The largest absolute Gasteiger partial charge is 0.469 e. The van der Waals surface area contributed by atoms with Gasteiger partial charge in [-0.3, -0.25) is 9.78 Å². The molecule has 222 valence electrons. The summed E-state index contributed by atoms with van der Waals surface area (Å²) in [5.41, 5.74) is 6.31. The number of nitrogens with two attached hydrogens (primary N) is 1. The Balaban J connectivity index is 0.000000763. The van der Waals surface area contributed by atoms with Crippen molar-refractivity contribution >= 4 is 19.0 Å². The van der Waals surface area contributed by atoms with Crippen molar-refractivity contribution in [2.75, 3.05) is 13.2 Å². The van der Waals surface area contributed by atoms with Crippen LogP contribution in [-0.2, 0) is 16.0 Å². The number of nitrogens with one attached hydrogen (secondary N) is 1. The van der Waals surface area contributed by atoms with Crippen LogP contribution in [0.2, 0.25) is 0 Å². The number of aromatic nitrogens is 1. The highest BCUT2D eigenvalue weighted by Gasteiger charge is 2.32. The van der Waals surface area contributed by atoms with E-state index in [4.69, 9.17) is 25.6 Å². The first-order valence-corrected chi connectivity index (χ1v) is 12.7. The smallest absolute Gasteiger partial charge is 0.461 e. The van der Waals surface area contributed by atoms with Crippen LogP contribution in [0.3, 0.4) is 0 Å². The minimum Gasteiger partial charge on any atom is -0.461 e. The zero-order valence-electron chi connectivity index (χ0n) is 22.5. The first-order valence-electron chi connectivity index (χ1n) is 12.7. The molecule has 14 heteroatoms. The van der Waals surface area contributed by atoms with Crippen molar-refractivity contribution in [1.29, 1.82) is 0 Å². The van der Waals surface area contributed by atoms with Gasteiger partial charge in [0.05, 0.1) is 12.2 Å². The third kappa shape index (κ3) is 12.9. The number of amides is 1. The van der Waals surface area contributed by atoms with E-state index in [0.717, 1.165) is 5.56 Å². The van der Waals surface area contributed by atoms with Crippen molar-refractivity contribution in [2.24, 2.45) is 11.7 Å². The van der Waals surface area contributed by atoms with Gasteiger partial charge in [0.2, 0.25) is 0 Å². The van der Waals surface area contributed by atoms with Crippen LogP contribution >= 0.6 is 0 Å². The minimum atomic E-state index is -1.87. The van der Waals surface area contributed by atoms with Crippen LogP contribution in [0.5, 0.6) is 0 Å². The molecular weight excluding hydrogens is 525 g/mol. The van der Waals surface area contributed by atoms with Crippen LogP contribution in [-0.4, -0.2) is 109 Å². The minimum absolute atomic E-state index is 0.107. The van der Waals surface area contributed by atoms with Gasteiger partial charge in [0.15, 0.2) is 0 Å². The molecule has 0 aliphatic rings. The molecule has 0 saturated heterocycles. The van der Waals surface area contributed by atoms with Gasteiger partial charge in [-0.2, -0.15) is 0 Å². The van der Waals surface area contributed by atoms with E-state index >= 15 is 0 Å². The number of carbonyl (C=O) groups is 2. The number of aliphatic hydroxyl groups is 5. The number of benzene rings is 1. The number of aliphatic hydroxyl groups excluding tert-OH is 5. The number of nitrogens with zero attached hydrogens (tertiary/aromatic N) is 1. The second-order valence-corrected chi connectivity index (χ2v) is 9.59. The highest BCUT2D eigenvalue weighted by molar-refractivity contribution is 6.43. The summed E-state index contributed by atoms with van der Waals surface area (Å²) in [5.74, 6) is -1.50. The summed E-state index contributed by atoms with van der Waals surface area (Å²) < 4.78 is 5.03. The maximum Gasteiger partial charge on any atom is 0.469 e. The standard InChI is InChI=1S/C21H26N2O8.C5H14BNO2/c24-11-16(25)18(27)19(28)17(26)12-31-21(30)15(9-13-5-2-1-3-6-13)23-20(29)14-7-4-8-22-10-14;1-4(2)3-5(7)6(8)9/h1-8,10,15-19,24-28H,9,11-12H2,(H,23,29);4-5,8-9H,3,7H2,1-2H3/t15-,16+,17+,18+,19+;5-/m00/s1. The predicted octanol–water partition coefficient (Wildman–Crippen LogP) is -2.23. The van der Waals surface area contributed by atoms with Crippen molar-refractivity contribution in [2.45, 2.75) is 63.1 Å². The Morgan fingerprint density at radius 3 is 2.12 bits per heavy atom. The maximum atomic E-state index is 12.6. The van der Waals surface area contributed by atoms with E-state index in [9.17, 15) is 30.0 Å². The molecule has 0 saturated carbocycles. The molecule has 1 aromatic heterocycles. The SMILES string of the molecule is CC(C)C[C@H](N)B(O)O.O=C(N[C@@H](Cc1ccccc1)C(=O)OC[C@@H](O)[C@@H](O)[C@H](O)[C@H](O)CO)c1cccnc1. The van der Waals surface area contributed by atoms with Crippen LogP contribution in [0.1, 0.15) is 36.2 Å². The van der Waals surface area contributed by atoms with Gasteiger partial charge in [-0.15, -0.1) is 0 Å². The lowest BCUT2D eigenvalue weighted by Gasteiger charge is -2.26. The van der Waals surface area contributed by atoms with Crippen LogP contribution in [0, 0.1) is 5.92 Å². The molecule has 1 amide bonds. The zero-order valence-corrected chi connectivity index (χ0v) is 22.5. The third-order valence-corrected chi connectivity index (χ3v) is 5.64. The first kappa shape index (κ1) is 35.1. The third-order valence-electron chi connectivity index (χ3n) is 5.64. The lowest BCUT2D eigenvalue weighted by Crippen LogP contribution is -2.49. The zero-order chi connectivity index (χ0) is 30.2. The first-order chi connectivity index (χ1) is 18.9. The van der Waals surface area contributed by atoms with E-state index in [1.807, 2.05) is 13.8 Å². The molecule has 0 radical (unpaired) electrons. The molecule has 0 bridgehead atoms. The van der Waals surface area contributed by atoms with E-state index < -0.39 is 68.6 Å². The number of pyridine rings is 1. The molecular formula is C26H40BN3O10. The molecule has 6 atom stereocenters. The van der Waals surface area contributed by atoms with Gasteiger partial charge in [-0.25, -0.2) is 4.79 Å². The van der Waals surface area contributed by atoms with E-state index in [2.05, 4.69) is 10.3 Å². The molecule has 1 heterocycles. The molecule has 10 N–H and O–H groups in total. The fourth-order valence-corrected chi connectivity index (χ4v) is 3.38. The summed E-state index contributed by atoms with van der Waals surface area (Å²) in [6, 6.07) is 10.9. The van der Waals surface area contributed by atoms with Gasteiger partial charge in [-0.05, 0) is 30.0 Å². The fourth-order valence-electron chi connectivity index (χ4n) is 3.38. The topological polar surface area (TPSA) is 236 Å². The number of hydrogen-bond donors (Lipinski definition) is 9. The molecule has 0 fully saturated rings. The van der Waals surface area contributed by atoms with Crippen LogP contribution < -0.4 is 11.1 Å². The summed E-state index contributed by atoms with van der Waals surface area (Å²) >= 11 is 0. The number of hydrogen-bond acceptors (Lipinski definition) is 12. The van der Waals surface area contributed by atoms with Gasteiger partial charge in [-0.1, -0.05) is 44.2 Å². The molecule has 0 spiro atoms. The van der Waals surface area contributed by atoms with Crippen molar-refractivity contribution < 1.29 is 49.9 Å². The van der Waals surface area contributed by atoms with Crippen LogP contribution in [0.25, 0.3) is 0 Å². The number of rotatable bonds is 14. The van der Waals surface area contributed by atoms with Gasteiger partial charge < -0.3 is 51.4 Å². The summed E-state index contributed by atoms with van der Waals surface area (Å²) in [6.45, 7) is 2.44. The lowest BCUT2D eigenvalue weighted by atomic mass is 9.76. The second-order valence-electron chi connectivity index (χ2n) is 9.59. The summed E-state index contributed by atoms with van der Waals surface area (Å²) in [6.07, 6.45) is -3.52. The molecule has 0 aliphatic heterocycles. The molecule has 0 aliphatic carbocycles. The van der Waals surface area contributed by atoms with E-state index in [1.54, 1.807) is 36.4 Å². The number of carbonyl (C=O) groups excluding carboxylic acids is 2. The Bertz CT molecular complexity index is 987. The Labute approximate surface area is 233 Å². The normalized spacial score (nSPS) is 15.5. The monoisotopic (exact) mass is 565 g/mol. The molecule has 2 aromatic rings. The van der Waals surface area contributed by atoms with Gasteiger partial charge >= 0.3 is 13.1 Å². The number of ether oxygens (including phenoxy) is 1. The Morgan fingerprint density at radius 2 is 1.62 bits per heavy atom. The van der Waals surface area contributed by atoms with Crippen molar-refractivity contribution in [3.05, 3.63) is 66.0 Å². The Morgan fingerprint density at radius 1 is 1.00 bits per heavy atom. The van der Waals surface area contributed by atoms with Gasteiger partial charge in [0.25, 0.3) is 5.91 Å². The molecule has 0 unspecified atom stereocenters.